The number of hydrogen-bond acceptors (Lipinski definition) is 4. The predicted octanol–water partition coefficient (Wildman–Crippen LogP) is 4.25. The van der Waals surface area contributed by atoms with Crippen LogP contribution in [0, 0.1) is 6.92 Å². The predicted molar refractivity (Wildman–Crippen MR) is 137 cm³/mol. The van der Waals surface area contributed by atoms with Gasteiger partial charge in [-0.05, 0) is 54.9 Å². The minimum absolute atomic E-state index is 0.275. The minimum atomic E-state index is -0.810. The van der Waals surface area contributed by atoms with Crippen LogP contribution in [0.15, 0.2) is 78.9 Å². The fourth-order valence-corrected chi connectivity index (χ4v) is 4.26. The van der Waals surface area contributed by atoms with Gasteiger partial charge in [0, 0.05) is 43.1 Å². The molecule has 2 amide bonds. The van der Waals surface area contributed by atoms with E-state index in [9.17, 15) is 9.59 Å². The Morgan fingerprint density at radius 1 is 0.882 bits per heavy atom. The summed E-state index contributed by atoms with van der Waals surface area (Å²) in [5.74, 6) is -0.564. The lowest BCUT2D eigenvalue weighted by Crippen LogP contribution is -2.46. The molecule has 1 aliphatic heterocycles. The minimum Gasteiger partial charge on any atom is -0.369 e. The zero-order valence-electron chi connectivity index (χ0n) is 19.8. The molecule has 0 bridgehead atoms. The van der Waals surface area contributed by atoms with E-state index in [0.29, 0.717) is 5.56 Å². The van der Waals surface area contributed by atoms with Crippen LogP contribution in [-0.4, -0.2) is 49.4 Å². The highest BCUT2D eigenvalue weighted by Gasteiger charge is 2.24. The Morgan fingerprint density at radius 2 is 1.53 bits per heavy atom. The molecule has 1 atom stereocenters. The molecule has 4 rings (SSSR count). The number of likely N-dealkylation sites (N-methyl/N-ethyl adjacent to an activating group) is 1. The van der Waals surface area contributed by atoms with Crippen LogP contribution >= 0.6 is 0 Å². The van der Waals surface area contributed by atoms with Crippen molar-refractivity contribution in [1.82, 2.24) is 10.2 Å². The third-order valence-electron chi connectivity index (χ3n) is 6.36. The highest BCUT2D eigenvalue weighted by molar-refractivity contribution is 6.02. The largest absolute Gasteiger partial charge is 0.369 e. The lowest BCUT2D eigenvalue weighted by atomic mass is 10.0. The van der Waals surface area contributed by atoms with Gasteiger partial charge in [-0.1, -0.05) is 55.5 Å². The molecule has 0 spiro atoms. The van der Waals surface area contributed by atoms with Gasteiger partial charge in [-0.3, -0.25) is 9.59 Å². The maximum atomic E-state index is 13.3. The van der Waals surface area contributed by atoms with Gasteiger partial charge in [0.05, 0.1) is 0 Å². The first-order valence-corrected chi connectivity index (χ1v) is 11.8. The van der Waals surface area contributed by atoms with E-state index in [2.05, 4.69) is 39.5 Å². The highest BCUT2D eigenvalue weighted by Crippen LogP contribution is 2.25. The molecule has 1 saturated heterocycles. The van der Waals surface area contributed by atoms with Crippen LogP contribution in [0.5, 0.6) is 0 Å². The van der Waals surface area contributed by atoms with Crippen LogP contribution in [0.25, 0.3) is 0 Å². The number of nitrogens with one attached hydrogen (secondary N) is 2. The Kier molecular flexibility index (Phi) is 7.60. The van der Waals surface area contributed by atoms with Crippen molar-refractivity contribution in [1.29, 1.82) is 0 Å². The van der Waals surface area contributed by atoms with Gasteiger partial charge in [0.1, 0.15) is 6.04 Å². The Labute approximate surface area is 201 Å². The van der Waals surface area contributed by atoms with E-state index in [1.165, 1.54) is 5.69 Å². The maximum Gasteiger partial charge on any atom is 0.252 e. The monoisotopic (exact) mass is 456 g/mol. The zero-order chi connectivity index (χ0) is 23.9. The molecule has 34 heavy (non-hydrogen) atoms. The number of rotatable bonds is 7. The van der Waals surface area contributed by atoms with E-state index in [4.69, 9.17) is 0 Å². The smallest absolute Gasteiger partial charge is 0.252 e. The first-order valence-electron chi connectivity index (χ1n) is 11.8. The third-order valence-corrected chi connectivity index (χ3v) is 6.36. The van der Waals surface area contributed by atoms with Gasteiger partial charge in [0.25, 0.3) is 11.8 Å². The second-order valence-electron chi connectivity index (χ2n) is 8.59. The molecule has 2 N–H and O–H groups in total. The van der Waals surface area contributed by atoms with Crippen molar-refractivity contribution in [3.8, 4) is 0 Å². The lowest BCUT2D eigenvalue weighted by molar-refractivity contribution is -0.118. The molecule has 1 aliphatic rings. The van der Waals surface area contributed by atoms with E-state index < -0.39 is 6.04 Å². The van der Waals surface area contributed by atoms with E-state index in [1.54, 1.807) is 24.3 Å². The number of carbonyl (C=O) groups is 2. The molecule has 0 radical (unpaired) electrons. The number of anilines is 2. The van der Waals surface area contributed by atoms with Crippen molar-refractivity contribution in [2.24, 2.45) is 0 Å². The van der Waals surface area contributed by atoms with E-state index in [-0.39, 0.29) is 11.8 Å². The third kappa shape index (κ3) is 5.64. The standard InChI is InChI=1S/C28H32N4O2/c1-3-31-16-18-32(19-17-31)24-14-15-25(21(2)20-24)29-28(34)26(22-10-6-4-7-11-22)30-27(33)23-12-8-5-9-13-23/h4-15,20,26H,3,16-19H2,1-2H3,(H,29,34)(H,30,33). The summed E-state index contributed by atoms with van der Waals surface area (Å²) in [5, 5.41) is 5.93. The van der Waals surface area contributed by atoms with Crippen LogP contribution < -0.4 is 15.5 Å². The fraction of sp³-hybridized carbons (Fsp3) is 0.286. The summed E-state index contributed by atoms with van der Waals surface area (Å²) in [5.41, 5.74) is 4.15. The number of aryl methyl sites for hydroxylation is 1. The molecule has 6 nitrogen and oxygen atoms in total. The molecule has 1 unspecified atom stereocenters. The highest BCUT2D eigenvalue weighted by atomic mass is 16.2. The normalized spacial score (nSPS) is 14.9. The number of amides is 2. The molecule has 0 saturated carbocycles. The van der Waals surface area contributed by atoms with Crippen LogP contribution in [-0.2, 0) is 4.79 Å². The average molecular weight is 457 g/mol. The van der Waals surface area contributed by atoms with Gasteiger partial charge in [-0.15, -0.1) is 0 Å². The van der Waals surface area contributed by atoms with Crippen LogP contribution in [0.3, 0.4) is 0 Å². The summed E-state index contributed by atoms with van der Waals surface area (Å²) < 4.78 is 0. The topological polar surface area (TPSA) is 64.7 Å². The van der Waals surface area contributed by atoms with E-state index in [0.717, 1.165) is 49.5 Å². The molecule has 1 fully saturated rings. The van der Waals surface area contributed by atoms with Crippen molar-refractivity contribution < 1.29 is 9.59 Å². The summed E-state index contributed by atoms with van der Waals surface area (Å²) in [4.78, 5) is 31.0. The van der Waals surface area contributed by atoms with Crippen molar-refractivity contribution in [3.63, 3.8) is 0 Å². The Morgan fingerprint density at radius 3 is 2.15 bits per heavy atom. The first kappa shape index (κ1) is 23.5. The van der Waals surface area contributed by atoms with Gasteiger partial charge >= 0.3 is 0 Å². The Hall–Kier alpha value is -3.64. The molecule has 3 aromatic rings. The molecule has 1 heterocycles. The molecular formula is C28H32N4O2. The average Bonchev–Trinajstić information content (AvgIpc) is 2.89. The Balaban J connectivity index is 1.49. The zero-order valence-corrected chi connectivity index (χ0v) is 19.8. The van der Waals surface area contributed by atoms with Gasteiger partial charge in [-0.2, -0.15) is 0 Å². The fourth-order valence-electron chi connectivity index (χ4n) is 4.26. The second kappa shape index (κ2) is 11.0. The number of piperazine rings is 1. The Bertz CT molecular complexity index is 1110. The van der Waals surface area contributed by atoms with Crippen LogP contribution in [0.4, 0.5) is 11.4 Å². The van der Waals surface area contributed by atoms with Crippen molar-refractivity contribution >= 4 is 23.2 Å². The summed E-state index contributed by atoms with van der Waals surface area (Å²) in [6.07, 6.45) is 0. The number of nitrogens with zero attached hydrogens (tertiary/aromatic N) is 2. The molecule has 6 heteroatoms. The molecule has 176 valence electrons. The van der Waals surface area contributed by atoms with E-state index >= 15 is 0 Å². The van der Waals surface area contributed by atoms with Crippen molar-refractivity contribution in [3.05, 3.63) is 95.6 Å². The molecule has 0 aliphatic carbocycles. The summed E-state index contributed by atoms with van der Waals surface area (Å²) >= 11 is 0. The SMILES string of the molecule is CCN1CCN(c2ccc(NC(=O)C(NC(=O)c3ccccc3)c3ccccc3)c(C)c2)CC1. The summed E-state index contributed by atoms with van der Waals surface area (Å²) in [6, 6.07) is 23.6. The molecule has 0 aromatic heterocycles. The van der Waals surface area contributed by atoms with Crippen molar-refractivity contribution in [2.75, 3.05) is 42.9 Å². The van der Waals surface area contributed by atoms with Crippen molar-refractivity contribution in [2.45, 2.75) is 19.9 Å². The second-order valence-corrected chi connectivity index (χ2v) is 8.59. The van der Waals surface area contributed by atoms with Gasteiger partial charge < -0.3 is 20.4 Å². The van der Waals surface area contributed by atoms with Crippen LogP contribution in [0.1, 0.15) is 34.5 Å². The lowest BCUT2D eigenvalue weighted by Gasteiger charge is -2.35. The quantitative estimate of drug-likeness (QED) is 0.558. The van der Waals surface area contributed by atoms with Gasteiger partial charge in [0.2, 0.25) is 0 Å². The number of benzene rings is 3. The van der Waals surface area contributed by atoms with Gasteiger partial charge in [-0.25, -0.2) is 0 Å². The number of hydrogen-bond donors (Lipinski definition) is 2. The van der Waals surface area contributed by atoms with Gasteiger partial charge in [0.15, 0.2) is 0 Å². The van der Waals surface area contributed by atoms with E-state index in [1.807, 2.05) is 49.4 Å². The first-order chi connectivity index (χ1) is 16.5. The maximum absolute atomic E-state index is 13.3. The number of carbonyl (C=O) groups excluding carboxylic acids is 2. The summed E-state index contributed by atoms with van der Waals surface area (Å²) in [7, 11) is 0. The summed E-state index contributed by atoms with van der Waals surface area (Å²) in [6.45, 7) is 9.41. The molecular weight excluding hydrogens is 424 g/mol. The molecule has 3 aromatic carbocycles. The van der Waals surface area contributed by atoms with Crippen LogP contribution in [0.2, 0.25) is 0 Å².